The minimum absolute atomic E-state index is 0.223. The van der Waals surface area contributed by atoms with Gasteiger partial charge in [-0.2, -0.15) is 4.31 Å². The van der Waals surface area contributed by atoms with Crippen molar-refractivity contribution in [3.05, 3.63) is 59.7 Å². The minimum atomic E-state index is -3.54. The summed E-state index contributed by atoms with van der Waals surface area (Å²) >= 11 is 1.45. The molecule has 1 heterocycles. The number of aryl methyl sites for hydroxylation is 1. The van der Waals surface area contributed by atoms with Crippen molar-refractivity contribution in [2.24, 2.45) is 0 Å². The SMILES string of the molecule is CCN(CC)S(=O)(=O)c1cccc(-c2nnc(SCc3ccc(C)cc3)o2)c1. The zero-order valence-electron chi connectivity index (χ0n) is 16.1. The highest BCUT2D eigenvalue weighted by atomic mass is 32.2. The van der Waals surface area contributed by atoms with Gasteiger partial charge in [0.25, 0.3) is 5.22 Å². The van der Waals surface area contributed by atoms with Gasteiger partial charge in [-0.05, 0) is 30.7 Å². The standard InChI is InChI=1S/C20H23N3O3S2/c1-4-23(5-2)28(24,25)18-8-6-7-17(13-18)19-21-22-20(26-19)27-14-16-11-9-15(3)10-12-16/h6-13H,4-5,14H2,1-3H3. The van der Waals surface area contributed by atoms with Crippen molar-refractivity contribution in [1.82, 2.24) is 14.5 Å². The van der Waals surface area contributed by atoms with Gasteiger partial charge in [-0.1, -0.05) is 61.5 Å². The lowest BCUT2D eigenvalue weighted by Gasteiger charge is -2.18. The maximum Gasteiger partial charge on any atom is 0.277 e. The fraction of sp³-hybridized carbons (Fsp3) is 0.300. The quantitative estimate of drug-likeness (QED) is 0.507. The molecule has 0 bridgehead atoms. The van der Waals surface area contributed by atoms with E-state index in [1.54, 1.807) is 24.3 Å². The third kappa shape index (κ3) is 4.63. The smallest absolute Gasteiger partial charge is 0.277 e. The molecule has 6 nitrogen and oxygen atoms in total. The summed E-state index contributed by atoms with van der Waals surface area (Å²) in [5.74, 6) is 1.03. The number of hydrogen-bond acceptors (Lipinski definition) is 6. The number of hydrogen-bond donors (Lipinski definition) is 0. The first-order valence-corrected chi connectivity index (χ1v) is 11.5. The first kappa shape index (κ1) is 20.6. The lowest BCUT2D eigenvalue weighted by molar-refractivity contribution is 0.445. The Morgan fingerprint density at radius 1 is 1.04 bits per heavy atom. The van der Waals surface area contributed by atoms with Gasteiger partial charge in [0.1, 0.15) is 0 Å². The second-order valence-corrected chi connectivity index (χ2v) is 9.13. The van der Waals surface area contributed by atoms with Crippen molar-refractivity contribution in [3.8, 4) is 11.5 Å². The molecule has 2 aromatic carbocycles. The van der Waals surface area contributed by atoms with E-state index in [9.17, 15) is 8.42 Å². The first-order valence-electron chi connectivity index (χ1n) is 9.06. The maximum atomic E-state index is 12.7. The molecular formula is C20H23N3O3S2. The molecule has 0 fully saturated rings. The van der Waals surface area contributed by atoms with Gasteiger partial charge in [0.05, 0.1) is 4.90 Å². The van der Waals surface area contributed by atoms with E-state index in [0.29, 0.717) is 29.8 Å². The van der Waals surface area contributed by atoms with Crippen LogP contribution in [0.15, 0.2) is 63.1 Å². The molecule has 1 aromatic heterocycles. The molecule has 3 aromatic rings. The first-order chi connectivity index (χ1) is 13.4. The zero-order valence-corrected chi connectivity index (χ0v) is 17.8. The third-order valence-corrected chi connectivity index (χ3v) is 7.25. The highest BCUT2D eigenvalue weighted by molar-refractivity contribution is 7.98. The van der Waals surface area contributed by atoms with Crippen molar-refractivity contribution < 1.29 is 12.8 Å². The molecule has 0 amide bonds. The molecule has 0 saturated heterocycles. The summed E-state index contributed by atoms with van der Waals surface area (Å²) in [4.78, 5) is 0.223. The van der Waals surface area contributed by atoms with Gasteiger partial charge < -0.3 is 4.42 Å². The normalized spacial score (nSPS) is 11.9. The average Bonchev–Trinajstić information content (AvgIpc) is 3.17. The van der Waals surface area contributed by atoms with E-state index >= 15 is 0 Å². The number of benzene rings is 2. The summed E-state index contributed by atoms with van der Waals surface area (Å²) in [5, 5.41) is 8.60. The highest BCUT2D eigenvalue weighted by Gasteiger charge is 2.22. The van der Waals surface area contributed by atoms with Gasteiger partial charge in [-0.25, -0.2) is 8.42 Å². The summed E-state index contributed by atoms with van der Waals surface area (Å²) in [5.41, 5.74) is 2.97. The van der Waals surface area contributed by atoms with Gasteiger partial charge >= 0.3 is 0 Å². The zero-order chi connectivity index (χ0) is 20.1. The molecule has 148 valence electrons. The Kier molecular flexibility index (Phi) is 6.53. The van der Waals surface area contributed by atoms with Crippen LogP contribution in [0.3, 0.4) is 0 Å². The van der Waals surface area contributed by atoms with E-state index < -0.39 is 10.0 Å². The topological polar surface area (TPSA) is 76.3 Å². The Morgan fingerprint density at radius 2 is 1.75 bits per heavy atom. The Labute approximate surface area is 170 Å². The molecule has 8 heteroatoms. The Hall–Kier alpha value is -2.16. The monoisotopic (exact) mass is 417 g/mol. The Morgan fingerprint density at radius 3 is 2.43 bits per heavy atom. The molecule has 0 aliphatic rings. The van der Waals surface area contributed by atoms with Crippen LogP contribution < -0.4 is 0 Å². The number of aromatic nitrogens is 2. The third-order valence-electron chi connectivity index (χ3n) is 4.31. The second kappa shape index (κ2) is 8.89. The number of nitrogens with zero attached hydrogens (tertiary/aromatic N) is 3. The van der Waals surface area contributed by atoms with Crippen molar-refractivity contribution in [2.45, 2.75) is 36.6 Å². The fourth-order valence-electron chi connectivity index (χ4n) is 2.72. The molecular weight excluding hydrogens is 394 g/mol. The van der Waals surface area contributed by atoms with E-state index in [2.05, 4.69) is 41.4 Å². The molecule has 28 heavy (non-hydrogen) atoms. The fourth-order valence-corrected chi connectivity index (χ4v) is 4.94. The Balaban J connectivity index is 1.77. The van der Waals surface area contributed by atoms with E-state index in [4.69, 9.17) is 4.42 Å². The molecule has 0 aliphatic heterocycles. The second-order valence-electron chi connectivity index (χ2n) is 6.26. The summed E-state index contributed by atoms with van der Waals surface area (Å²) in [7, 11) is -3.54. The predicted octanol–water partition coefficient (Wildman–Crippen LogP) is 4.37. The number of sulfonamides is 1. The van der Waals surface area contributed by atoms with Crippen molar-refractivity contribution in [2.75, 3.05) is 13.1 Å². The summed E-state index contributed by atoms with van der Waals surface area (Å²) in [6.07, 6.45) is 0. The van der Waals surface area contributed by atoms with Gasteiger partial charge in [0, 0.05) is 24.4 Å². The van der Waals surface area contributed by atoms with Gasteiger partial charge in [-0.15, -0.1) is 10.2 Å². The molecule has 0 radical (unpaired) electrons. The van der Waals surface area contributed by atoms with E-state index in [1.807, 2.05) is 13.8 Å². The van der Waals surface area contributed by atoms with Crippen LogP contribution in [0.25, 0.3) is 11.5 Å². The maximum absolute atomic E-state index is 12.7. The van der Waals surface area contributed by atoms with Crippen molar-refractivity contribution >= 4 is 21.8 Å². The van der Waals surface area contributed by atoms with Crippen LogP contribution >= 0.6 is 11.8 Å². The molecule has 0 N–H and O–H groups in total. The van der Waals surface area contributed by atoms with Crippen LogP contribution in [0.2, 0.25) is 0 Å². The van der Waals surface area contributed by atoms with Gasteiger partial charge in [-0.3, -0.25) is 0 Å². The van der Waals surface area contributed by atoms with E-state index in [0.717, 1.165) is 5.75 Å². The van der Waals surface area contributed by atoms with Crippen LogP contribution in [-0.4, -0.2) is 36.0 Å². The summed E-state index contributed by atoms with van der Waals surface area (Å²) in [6, 6.07) is 14.9. The lowest BCUT2D eigenvalue weighted by Crippen LogP contribution is -2.30. The average molecular weight is 418 g/mol. The van der Waals surface area contributed by atoms with Crippen LogP contribution in [0, 0.1) is 6.92 Å². The molecule has 0 aliphatic carbocycles. The molecule has 0 unspecified atom stereocenters. The minimum Gasteiger partial charge on any atom is -0.411 e. The lowest BCUT2D eigenvalue weighted by atomic mass is 10.2. The van der Waals surface area contributed by atoms with E-state index in [1.165, 1.54) is 27.2 Å². The van der Waals surface area contributed by atoms with Crippen LogP contribution in [0.1, 0.15) is 25.0 Å². The van der Waals surface area contributed by atoms with Gasteiger partial charge in [0.15, 0.2) is 0 Å². The molecule has 0 spiro atoms. The summed E-state index contributed by atoms with van der Waals surface area (Å²) in [6.45, 7) is 6.53. The number of thioether (sulfide) groups is 1. The van der Waals surface area contributed by atoms with Crippen molar-refractivity contribution in [3.63, 3.8) is 0 Å². The van der Waals surface area contributed by atoms with Crippen LogP contribution in [0.5, 0.6) is 0 Å². The van der Waals surface area contributed by atoms with Crippen molar-refractivity contribution in [1.29, 1.82) is 0 Å². The van der Waals surface area contributed by atoms with Gasteiger partial charge in [0.2, 0.25) is 15.9 Å². The highest BCUT2D eigenvalue weighted by Crippen LogP contribution is 2.27. The molecule has 3 rings (SSSR count). The molecule has 0 atom stereocenters. The van der Waals surface area contributed by atoms with Crippen LogP contribution in [-0.2, 0) is 15.8 Å². The van der Waals surface area contributed by atoms with Crippen LogP contribution in [0.4, 0.5) is 0 Å². The summed E-state index contributed by atoms with van der Waals surface area (Å²) < 4.78 is 32.6. The van der Waals surface area contributed by atoms with E-state index in [-0.39, 0.29) is 4.90 Å². The number of rotatable bonds is 8. The Bertz CT molecular complexity index is 1030. The predicted molar refractivity (Wildman–Crippen MR) is 111 cm³/mol. The molecule has 0 saturated carbocycles. The largest absolute Gasteiger partial charge is 0.411 e.